The molecule has 0 saturated heterocycles. The topological polar surface area (TPSA) is 83.0 Å². The largest absolute Gasteiger partial charge is 0.336 e. The van der Waals surface area contributed by atoms with Gasteiger partial charge in [0, 0.05) is 36.4 Å². The second kappa shape index (κ2) is 8.05. The van der Waals surface area contributed by atoms with Gasteiger partial charge in [-0.25, -0.2) is 9.97 Å². The first-order chi connectivity index (χ1) is 14.0. The Morgan fingerprint density at radius 1 is 1.14 bits per heavy atom. The molecule has 0 radical (unpaired) electrons. The van der Waals surface area contributed by atoms with E-state index < -0.39 is 0 Å². The summed E-state index contributed by atoms with van der Waals surface area (Å²) in [6.45, 7) is 4.96. The molecule has 1 aliphatic rings. The van der Waals surface area contributed by atoms with E-state index in [1.165, 1.54) is 24.4 Å². The lowest BCUT2D eigenvalue weighted by Crippen LogP contribution is -2.32. The zero-order valence-corrected chi connectivity index (χ0v) is 17.0. The summed E-state index contributed by atoms with van der Waals surface area (Å²) in [6.07, 6.45) is 2.40. The molecule has 8 heteroatoms. The van der Waals surface area contributed by atoms with Gasteiger partial charge in [0.25, 0.3) is 0 Å². The first-order valence-corrected chi connectivity index (χ1v) is 9.73. The molecule has 0 saturated carbocycles. The summed E-state index contributed by atoms with van der Waals surface area (Å²) in [7, 11) is 0. The van der Waals surface area contributed by atoms with E-state index in [4.69, 9.17) is 11.6 Å². The van der Waals surface area contributed by atoms with E-state index >= 15 is 0 Å². The number of halogens is 1. The molecular formula is C21H21ClN6O. The van der Waals surface area contributed by atoms with Crippen LogP contribution < -0.4 is 15.5 Å². The maximum atomic E-state index is 11.4. The van der Waals surface area contributed by atoms with Crippen LogP contribution in [0.5, 0.6) is 0 Å². The lowest BCUT2D eigenvalue weighted by Gasteiger charge is -2.29. The number of nitrogens with zero attached hydrogens (tertiary/aromatic N) is 4. The van der Waals surface area contributed by atoms with Crippen molar-refractivity contribution in [1.82, 2.24) is 15.0 Å². The van der Waals surface area contributed by atoms with Crippen molar-refractivity contribution in [3.8, 4) is 0 Å². The normalized spacial score (nSPS) is 13.0. The van der Waals surface area contributed by atoms with E-state index in [9.17, 15) is 4.79 Å². The zero-order valence-electron chi connectivity index (χ0n) is 16.2. The number of rotatable bonds is 4. The van der Waals surface area contributed by atoms with Gasteiger partial charge in [-0.3, -0.25) is 4.79 Å². The van der Waals surface area contributed by atoms with Gasteiger partial charge < -0.3 is 15.5 Å². The van der Waals surface area contributed by atoms with Crippen molar-refractivity contribution in [3.63, 3.8) is 0 Å². The second-order valence-corrected chi connectivity index (χ2v) is 7.41. The van der Waals surface area contributed by atoms with E-state index in [1.54, 1.807) is 0 Å². The first kappa shape index (κ1) is 19.1. The lowest BCUT2D eigenvalue weighted by molar-refractivity contribution is -0.114. The van der Waals surface area contributed by atoms with Crippen LogP contribution in [0.1, 0.15) is 23.6 Å². The molecular weight excluding hydrogens is 388 g/mol. The summed E-state index contributed by atoms with van der Waals surface area (Å²) in [5.74, 6) is 0.970. The third-order valence-corrected chi connectivity index (χ3v) is 5.15. The Kier molecular flexibility index (Phi) is 5.31. The highest BCUT2D eigenvalue weighted by Crippen LogP contribution is 2.27. The maximum absolute atomic E-state index is 11.4. The standard InChI is InChI=1S/C21H21ClN6O/c1-13-18(25-14(2)29)4-3-5-19(13)26-20-23-12-24-21(27-20)28-9-8-15-10-17(22)7-6-16(15)11-28/h3-7,10,12H,8-9,11H2,1-2H3,(H,25,29)(H,23,24,26,27). The number of aromatic nitrogens is 3. The minimum atomic E-state index is -0.112. The van der Waals surface area contributed by atoms with Gasteiger partial charge in [0.05, 0.1) is 0 Å². The van der Waals surface area contributed by atoms with E-state index in [1.807, 2.05) is 37.3 Å². The Labute approximate surface area is 174 Å². The molecule has 0 fully saturated rings. The molecule has 1 amide bonds. The lowest BCUT2D eigenvalue weighted by atomic mass is 10.0. The van der Waals surface area contributed by atoms with Gasteiger partial charge in [-0.2, -0.15) is 4.98 Å². The molecule has 1 aliphatic heterocycles. The van der Waals surface area contributed by atoms with Crippen LogP contribution in [0.3, 0.4) is 0 Å². The van der Waals surface area contributed by atoms with Crippen molar-refractivity contribution in [1.29, 1.82) is 0 Å². The molecule has 29 heavy (non-hydrogen) atoms. The highest BCUT2D eigenvalue weighted by atomic mass is 35.5. The molecule has 4 rings (SSSR count). The van der Waals surface area contributed by atoms with Crippen LogP contribution in [-0.4, -0.2) is 27.4 Å². The summed E-state index contributed by atoms with van der Waals surface area (Å²) < 4.78 is 0. The zero-order chi connectivity index (χ0) is 20.4. The number of anilines is 4. The molecule has 0 aliphatic carbocycles. The monoisotopic (exact) mass is 408 g/mol. The Morgan fingerprint density at radius 2 is 1.97 bits per heavy atom. The molecule has 7 nitrogen and oxygen atoms in total. The van der Waals surface area contributed by atoms with Gasteiger partial charge in [-0.15, -0.1) is 0 Å². The van der Waals surface area contributed by atoms with Crippen molar-refractivity contribution in [2.24, 2.45) is 0 Å². The van der Waals surface area contributed by atoms with E-state index in [2.05, 4.69) is 36.6 Å². The van der Waals surface area contributed by atoms with Crippen molar-refractivity contribution in [2.75, 3.05) is 22.1 Å². The fraction of sp³-hybridized carbons (Fsp3) is 0.238. The highest BCUT2D eigenvalue weighted by Gasteiger charge is 2.19. The molecule has 0 unspecified atom stereocenters. The molecule has 2 heterocycles. The molecule has 2 N–H and O–H groups in total. The van der Waals surface area contributed by atoms with Crippen molar-refractivity contribution >= 4 is 40.8 Å². The third-order valence-electron chi connectivity index (χ3n) is 4.91. The minimum absolute atomic E-state index is 0.112. The number of amides is 1. The van der Waals surface area contributed by atoms with Crippen LogP contribution in [-0.2, 0) is 17.8 Å². The maximum Gasteiger partial charge on any atom is 0.232 e. The van der Waals surface area contributed by atoms with Crippen LogP contribution in [0.2, 0.25) is 5.02 Å². The molecule has 3 aromatic rings. The molecule has 2 aromatic carbocycles. The summed E-state index contributed by atoms with van der Waals surface area (Å²) in [5.41, 5.74) is 4.99. The van der Waals surface area contributed by atoms with Crippen molar-refractivity contribution in [3.05, 3.63) is 64.4 Å². The fourth-order valence-corrected chi connectivity index (χ4v) is 3.60. The van der Waals surface area contributed by atoms with Crippen LogP contribution in [0.25, 0.3) is 0 Å². The molecule has 148 valence electrons. The number of benzene rings is 2. The Morgan fingerprint density at radius 3 is 2.79 bits per heavy atom. The Balaban J connectivity index is 1.54. The fourth-order valence-electron chi connectivity index (χ4n) is 3.41. The van der Waals surface area contributed by atoms with Gasteiger partial charge in [0.15, 0.2) is 0 Å². The summed E-state index contributed by atoms with van der Waals surface area (Å²) in [6, 6.07) is 11.6. The van der Waals surface area contributed by atoms with Gasteiger partial charge in [0.1, 0.15) is 6.33 Å². The number of hydrogen-bond acceptors (Lipinski definition) is 6. The van der Waals surface area contributed by atoms with Crippen LogP contribution >= 0.6 is 11.6 Å². The predicted molar refractivity (Wildman–Crippen MR) is 115 cm³/mol. The highest BCUT2D eigenvalue weighted by molar-refractivity contribution is 6.30. The quantitative estimate of drug-likeness (QED) is 0.676. The van der Waals surface area contributed by atoms with Crippen molar-refractivity contribution < 1.29 is 4.79 Å². The summed E-state index contributed by atoms with van der Waals surface area (Å²) >= 11 is 6.10. The average molecular weight is 409 g/mol. The third kappa shape index (κ3) is 4.30. The van der Waals surface area contributed by atoms with Gasteiger partial charge in [-0.1, -0.05) is 23.7 Å². The SMILES string of the molecule is CC(=O)Nc1cccc(Nc2ncnc(N3CCc4cc(Cl)ccc4C3)n2)c1C. The van der Waals surface area contributed by atoms with Gasteiger partial charge in [0.2, 0.25) is 17.8 Å². The number of fused-ring (bicyclic) bond motifs is 1. The molecule has 0 bridgehead atoms. The second-order valence-electron chi connectivity index (χ2n) is 6.98. The van der Waals surface area contributed by atoms with Gasteiger partial charge in [-0.05, 0) is 54.3 Å². The molecule has 0 atom stereocenters. The van der Waals surface area contributed by atoms with Crippen LogP contribution in [0.4, 0.5) is 23.3 Å². The van der Waals surface area contributed by atoms with Gasteiger partial charge >= 0.3 is 0 Å². The smallest absolute Gasteiger partial charge is 0.232 e. The summed E-state index contributed by atoms with van der Waals surface area (Å²) in [5, 5.41) is 6.82. The molecule has 1 aromatic heterocycles. The average Bonchev–Trinajstić information content (AvgIpc) is 2.70. The molecule has 0 spiro atoms. The van der Waals surface area contributed by atoms with Crippen molar-refractivity contribution in [2.45, 2.75) is 26.8 Å². The number of carbonyl (C=O) groups is 1. The van der Waals surface area contributed by atoms with E-state index in [0.29, 0.717) is 11.9 Å². The van der Waals surface area contributed by atoms with E-state index in [-0.39, 0.29) is 5.91 Å². The first-order valence-electron chi connectivity index (χ1n) is 9.35. The number of hydrogen-bond donors (Lipinski definition) is 2. The van der Waals surface area contributed by atoms with Crippen LogP contribution in [0.15, 0.2) is 42.7 Å². The Hall–Kier alpha value is -3.19. The van der Waals surface area contributed by atoms with E-state index in [0.717, 1.165) is 41.5 Å². The summed E-state index contributed by atoms with van der Waals surface area (Å²) in [4.78, 5) is 26.7. The number of carbonyl (C=O) groups excluding carboxylic acids is 1. The Bertz CT molecular complexity index is 1070. The van der Waals surface area contributed by atoms with Crippen LogP contribution in [0, 0.1) is 6.92 Å². The minimum Gasteiger partial charge on any atom is -0.336 e. The predicted octanol–water partition coefficient (Wildman–Crippen LogP) is 4.10. The number of nitrogens with one attached hydrogen (secondary N) is 2.